The topological polar surface area (TPSA) is 29.3 Å². The number of rotatable bonds is 4. The van der Waals surface area contributed by atoms with E-state index in [0.717, 1.165) is 18.9 Å². The highest BCUT2D eigenvalue weighted by atomic mass is 15.2. The summed E-state index contributed by atoms with van der Waals surface area (Å²) in [5, 5.41) is 0. The lowest BCUT2D eigenvalue weighted by atomic mass is 9.91. The second-order valence-electron chi connectivity index (χ2n) is 5.76. The third-order valence-electron chi connectivity index (χ3n) is 4.17. The zero-order chi connectivity index (χ0) is 13.0. The third-order valence-corrected chi connectivity index (χ3v) is 4.17. The molecule has 3 unspecified atom stereocenters. The molecule has 0 radical (unpaired) electrons. The van der Waals surface area contributed by atoms with Crippen LogP contribution < -0.4 is 5.73 Å². The van der Waals surface area contributed by atoms with E-state index in [2.05, 4.69) is 49.1 Å². The number of hydrogen-bond donors (Lipinski definition) is 1. The first-order valence-corrected chi connectivity index (χ1v) is 7.22. The molecular formula is C16H26N2. The van der Waals surface area contributed by atoms with Crippen molar-refractivity contribution in [1.29, 1.82) is 0 Å². The van der Waals surface area contributed by atoms with Gasteiger partial charge in [0.05, 0.1) is 0 Å². The van der Waals surface area contributed by atoms with Crippen molar-refractivity contribution in [2.45, 2.75) is 45.2 Å². The molecule has 2 rings (SSSR count). The van der Waals surface area contributed by atoms with Crippen molar-refractivity contribution in [3.63, 3.8) is 0 Å². The molecule has 3 atom stereocenters. The Morgan fingerprint density at radius 1 is 1.28 bits per heavy atom. The van der Waals surface area contributed by atoms with Crippen LogP contribution >= 0.6 is 0 Å². The van der Waals surface area contributed by atoms with Crippen LogP contribution in [0.25, 0.3) is 0 Å². The van der Waals surface area contributed by atoms with Gasteiger partial charge in [0.15, 0.2) is 0 Å². The van der Waals surface area contributed by atoms with Crippen LogP contribution in [0.1, 0.15) is 32.3 Å². The average Bonchev–Trinajstić information content (AvgIpc) is 2.39. The summed E-state index contributed by atoms with van der Waals surface area (Å²) >= 11 is 0. The lowest BCUT2D eigenvalue weighted by molar-refractivity contribution is 0.114. The Morgan fingerprint density at radius 2 is 2.00 bits per heavy atom. The van der Waals surface area contributed by atoms with Crippen LogP contribution in [-0.4, -0.2) is 30.1 Å². The van der Waals surface area contributed by atoms with E-state index in [-0.39, 0.29) is 0 Å². The summed E-state index contributed by atoms with van der Waals surface area (Å²) in [6, 6.07) is 11.7. The maximum absolute atomic E-state index is 6.18. The number of nitrogens with two attached hydrogens (primary N) is 1. The van der Waals surface area contributed by atoms with Gasteiger partial charge in [0.1, 0.15) is 0 Å². The Labute approximate surface area is 111 Å². The Morgan fingerprint density at radius 3 is 2.67 bits per heavy atom. The summed E-state index contributed by atoms with van der Waals surface area (Å²) < 4.78 is 0. The largest absolute Gasteiger partial charge is 0.327 e. The Kier molecular flexibility index (Phi) is 4.79. The summed E-state index contributed by atoms with van der Waals surface area (Å²) in [6.07, 6.45) is 3.58. The van der Waals surface area contributed by atoms with Crippen LogP contribution in [0.5, 0.6) is 0 Å². The van der Waals surface area contributed by atoms with Crippen molar-refractivity contribution in [2.24, 2.45) is 11.7 Å². The van der Waals surface area contributed by atoms with Crippen LogP contribution in [0.15, 0.2) is 30.3 Å². The van der Waals surface area contributed by atoms with Gasteiger partial charge in [-0.15, -0.1) is 0 Å². The summed E-state index contributed by atoms with van der Waals surface area (Å²) in [4.78, 5) is 2.58. The molecule has 1 aliphatic rings. The summed E-state index contributed by atoms with van der Waals surface area (Å²) in [5.41, 5.74) is 7.61. The van der Waals surface area contributed by atoms with Crippen molar-refractivity contribution in [2.75, 3.05) is 13.1 Å². The number of benzene rings is 1. The zero-order valence-electron chi connectivity index (χ0n) is 11.7. The van der Waals surface area contributed by atoms with E-state index in [1.54, 1.807) is 0 Å². The monoisotopic (exact) mass is 246 g/mol. The van der Waals surface area contributed by atoms with Crippen molar-refractivity contribution in [3.8, 4) is 0 Å². The van der Waals surface area contributed by atoms with Crippen molar-refractivity contribution in [1.82, 2.24) is 4.90 Å². The average molecular weight is 246 g/mol. The molecule has 1 aliphatic heterocycles. The molecule has 1 aromatic carbocycles. The molecule has 0 aromatic heterocycles. The first kappa shape index (κ1) is 13.6. The Hall–Kier alpha value is -0.860. The molecule has 18 heavy (non-hydrogen) atoms. The lowest BCUT2D eigenvalue weighted by Gasteiger charge is -2.39. The minimum atomic E-state index is 0.363. The first-order chi connectivity index (χ1) is 8.69. The van der Waals surface area contributed by atoms with Crippen LogP contribution in [0.3, 0.4) is 0 Å². The number of likely N-dealkylation sites (tertiary alicyclic amines) is 1. The minimum Gasteiger partial charge on any atom is -0.327 e. The Balaban J connectivity index is 1.94. The number of hydrogen-bond acceptors (Lipinski definition) is 2. The van der Waals surface area contributed by atoms with Crippen LogP contribution in [0.4, 0.5) is 0 Å². The van der Waals surface area contributed by atoms with E-state index in [0.29, 0.717) is 12.1 Å². The van der Waals surface area contributed by atoms with Gasteiger partial charge in [-0.05, 0) is 31.2 Å². The molecule has 1 fully saturated rings. The molecule has 1 saturated heterocycles. The highest BCUT2D eigenvalue weighted by molar-refractivity contribution is 5.15. The highest BCUT2D eigenvalue weighted by Gasteiger charge is 2.26. The zero-order valence-corrected chi connectivity index (χ0v) is 11.7. The van der Waals surface area contributed by atoms with Crippen LogP contribution in [0, 0.1) is 5.92 Å². The fourth-order valence-electron chi connectivity index (χ4n) is 3.02. The molecule has 0 saturated carbocycles. The summed E-state index contributed by atoms with van der Waals surface area (Å²) in [7, 11) is 0. The van der Waals surface area contributed by atoms with E-state index in [1.807, 2.05) is 0 Å². The van der Waals surface area contributed by atoms with Gasteiger partial charge >= 0.3 is 0 Å². The minimum absolute atomic E-state index is 0.363. The van der Waals surface area contributed by atoms with Gasteiger partial charge in [-0.1, -0.05) is 43.7 Å². The van der Waals surface area contributed by atoms with Gasteiger partial charge in [-0.3, -0.25) is 4.90 Å². The highest BCUT2D eigenvalue weighted by Crippen LogP contribution is 2.21. The first-order valence-electron chi connectivity index (χ1n) is 7.22. The molecular weight excluding hydrogens is 220 g/mol. The fraction of sp³-hybridized carbons (Fsp3) is 0.625. The predicted octanol–water partition coefficient (Wildman–Crippen LogP) is 2.68. The second kappa shape index (κ2) is 6.35. The van der Waals surface area contributed by atoms with E-state index < -0.39 is 0 Å². The predicted molar refractivity (Wildman–Crippen MR) is 77.6 cm³/mol. The molecule has 100 valence electrons. The number of piperidine rings is 1. The normalized spacial score (nSPS) is 27.1. The second-order valence-corrected chi connectivity index (χ2v) is 5.76. The van der Waals surface area contributed by atoms with E-state index >= 15 is 0 Å². The van der Waals surface area contributed by atoms with Gasteiger partial charge in [0.2, 0.25) is 0 Å². The maximum Gasteiger partial charge on any atom is 0.0171 e. The van der Waals surface area contributed by atoms with Gasteiger partial charge in [0.25, 0.3) is 0 Å². The number of nitrogens with zero attached hydrogens (tertiary/aromatic N) is 1. The Bertz CT molecular complexity index is 349. The molecule has 1 heterocycles. The van der Waals surface area contributed by atoms with E-state index in [4.69, 9.17) is 5.73 Å². The molecule has 0 bridgehead atoms. The smallest absolute Gasteiger partial charge is 0.0171 e. The summed E-state index contributed by atoms with van der Waals surface area (Å²) in [6.45, 7) is 6.89. The standard InChI is InChI=1S/C16H26N2/c1-3-14-10-16(17)12-18(11-14)13(2)9-15-7-5-4-6-8-15/h4-8,13-14,16H,3,9-12,17H2,1-2H3. The van der Waals surface area contributed by atoms with Crippen LogP contribution in [-0.2, 0) is 6.42 Å². The lowest BCUT2D eigenvalue weighted by Crippen LogP contribution is -2.50. The molecule has 1 aromatic rings. The molecule has 0 spiro atoms. The van der Waals surface area contributed by atoms with Crippen LogP contribution in [0.2, 0.25) is 0 Å². The van der Waals surface area contributed by atoms with E-state index in [9.17, 15) is 0 Å². The fourth-order valence-corrected chi connectivity index (χ4v) is 3.02. The molecule has 0 aliphatic carbocycles. The van der Waals surface area contributed by atoms with Gasteiger partial charge in [-0.25, -0.2) is 0 Å². The molecule has 2 heteroatoms. The molecule has 2 N–H and O–H groups in total. The van der Waals surface area contributed by atoms with Gasteiger partial charge in [-0.2, -0.15) is 0 Å². The van der Waals surface area contributed by atoms with E-state index in [1.165, 1.54) is 24.9 Å². The maximum atomic E-state index is 6.18. The molecule has 0 amide bonds. The SMILES string of the molecule is CCC1CC(N)CN(C(C)Cc2ccccc2)C1. The quantitative estimate of drug-likeness (QED) is 0.885. The van der Waals surface area contributed by atoms with Crippen molar-refractivity contribution in [3.05, 3.63) is 35.9 Å². The summed E-state index contributed by atoms with van der Waals surface area (Å²) in [5.74, 6) is 0.784. The van der Waals surface area contributed by atoms with Crippen molar-refractivity contribution < 1.29 is 0 Å². The third kappa shape index (κ3) is 3.56. The van der Waals surface area contributed by atoms with Gasteiger partial charge in [0, 0.05) is 25.2 Å². The van der Waals surface area contributed by atoms with Crippen molar-refractivity contribution >= 4 is 0 Å². The van der Waals surface area contributed by atoms with Gasteiger partial charge < -0.3 is 5.73 Å². The molecule has 2 nitrogen and oxygen atoms in total.